The van der Waals surface area contributed by atoms with Crippen molar-refractivity contribution in [1.29, 1.82) is 0 Å². The maximum absolute atomic E-state index is 5.88. The number of nitrogens with two attached hydrogens (primary N) is 1. The Labute approximate surface area is 141 Å². The zero-order valence-electron chi connectivity index (χ0n) is 12.1. The Morgan fingerprint density at radius 3 is 2.95 bits per heavy atom. The number of hydrogen-bond donors (Lipinski definition) is 2. The molecule has 21 heavy (non-hydrogen) atoms. The predicted octanol–water partition coefficient (Wildman–Crippen LogP) is 3.63. The first kappa shape index (κ1) is 15.6. The molecule has 0 amide bonds. The van der Waals surface area contributed by atoms with Crippen molar-refractivity contribution in [3.63, 3.8) is 0 Å². The van der Waals surface area contributed by atoms with Crippen LogP contribution in [-0.4, -0.2) is 15.5 Å². The number of thiophene rings is 1. The second-order valence-electron chi connectivity index (χ2n) is 5.42. The van der Waals surface area contributed by atoms with Crippen molar-refractivity contribution in [1.82, 2.24) is 15.2 Å². The average molecular weight is 387 g/mol. The van der Waals surface area contributed by atoms with E-state index in [0.717, 1.165) is 15.9 Å². The number of halogens is 1. The van der Waals surface area contributed by atoms with Gasteiger partial charge in [0, 0.05) is 21.5 Å². The number of hydrazine groups is 1. The molecule has 0 aromatic carbocycles. The highest BCUT2D eigenvalue weighted by molar-refractivity contribution is 9.10. The molecule has 1 aliphatic rings. The second-order valence-corrected chi connectivity index (χ2v) is 8.54. The number of thioether (sulfide) groups is 1. The van der Waals surface area contributed by atoms with Crippen molar-refractivity contribution in [3.05, 3.63) is 37.7 Å². The number of rotatable bonds is 4. The third-order valence-electron chi connectivity index (χ3n) is 3.65. The van der Waals surface area contributed by atoms with Crippen molar-refractivity contribution >= 4 is 39.0 Å². The van der Waals surface area contributed by atoms with E-state index in [2.05, 4.69) is 46.4 Å². The molecule has 7 heteroatoms. The molecule has 3 rings (SSSR count). The molecule has 0 spiro atoms. The fourth-order valence-corrected chi connectivity index (χ4v) is 5.58. The third kappa shape index (κ3) is 2.94. The van der Waals surface area contributed by atoms with E-state index in [0.29, 0.717) is 6.04 Å². The number of aromatic nitrogens is 2. The van der Waals surface area contributed by atoms with Gasteiger partial charge in [-0.25, -0.2) is 5.43 Å². The minimum Gasteiger partial charge on any atom is -0.270 e. The number of aryl methyl sites for hydroxylation is 1. The lowest BCUT2D eigenvalue weighted by Crippen LogP contribution is -2.30. The molecule has 2 aromatic rings. The van der Waals surface area contributed by atoms with Crippen LogP contribution >= 0.6 is 39.0 Å². The van der Waals surface area contributed by atoms with Crippen LogP contribution in [0.15, 0.2) is 16.7 Å². The second kappa shape index (κ2) is 6.42. The molecule has 0 saturated heterocycles. The summed E-state index contributed by atoms with van der Waals surface area (Å²) >= 11 is 7.50. The summed E-state index contributed by atoms with van der Waals surface area (Å²) in [4.78, 5) is 2.78. The smallest absolute Gasteiger partial charge is 0.0981 e. The van der Waals surface area contributed by atoms with Gasteiger partial charge < -0.3 is 0 Å². The molecule has 1 atom stereocenters. The Morgan fingerprint density at radius 1 is 1.48 bits per heavy atom. The molecule has 0 radical (unpaired) electrons. The van der Waals surface area contributed by atoms with Gasteiger partial charge in [0.05, 0.1) is 22.4 Å². The van der Waals surface area contributed by atoms with Gasteiger partial charge in [-0.15, -0.1) is 11.3 Å². The quantitative estimate of drug-likeness (QED) is 0.622. The van der Waals surface area contributed by atoms with Crippen LogP contribution in [-0.2, 0) is 12.2 Å². The topological polar surface area (TPSA) is 55.9 Å². The minimum absolute atomic E-state index is 0.0233. The van der Waals surface area contributed by atoms with Gasteiger partial charge in [0.2, 0.25) is 0 Å². The van der Waals surface area contributed by atoms with Crippen LogP contribution in [0.4, 0.5) is 0 Å². The van der Waals surface area contributed by atoms with Crippen molar-refractivity contribution in [2.75, 3.05) is 5.75 Å². The van der Waals surface area contributed by atoms with Gasteiger partial charge in [-0.1, -0.05) is 0 Å². The van der Waals surface area contributed by atoms with Crippen molar-refractivity contribution in [2.45, 2.75) is 38.1 Å². The molecule has 1 unspecified atom stereocenters. The predicted molar refractivity (Wildman–Crippen MR) is 93.7 cm³/mol. The molecular weight excluding hydrogens is 368 g/mol. The maximum atomic E-state index is 5.88. The lowest BCUT2D eigenvalue weighted by Gasteiger charge is -2.19. The molecule has 0 aliphatic carbocycles. The van der Waals surface area contributed by atoms with Gasteiger partial charge in [-0.2, -0.15) is 16.9 Å². The van der Waals surface area contributed by atoms with E-state index >= 15 is 0 Å². The number of fused-ring (bicyclic) bond motifs is 1. The molecule has 4 nitrogen and oxygen atoms in total. The molecule has 0 saturated carbocycles. The van der Waals surface area contributed by atoms with Crippen molar-refractivity contribution in [2.24, 2.45) is 5.84 Å². The molecular formula is C14H19BrN4S2. The lowest BCUT2D eigenvalue weighted by atomic mass is 10.1. The van der Waals surface area contributed by atoms with Gasteiger partial charge in [0.1, 0.15) is 0 Å². The van der Waals surface area contributed by atoms with Crippen LogP contribution in [0, 0.1) is 0 Å². The van der Waals surface area contributed by atoms with E-state index in [1.54, 1.807) is 0 Å². The molecule has 1 aliphatic heterocycles. The minimum atomic E-state index is -0.0233. The maximum Gasteiger partial charge on any atom is 0.0981 e. The normalized spacial score (nSPS) is 16.2. The van der Waals surface area contributed by atoms with Crippen molar-refractivity contribution < 1.29 is 0 Å². The first-order chi connectivity index (χ1) is 10.1. The Kier molecular flexibility index (Phi) is 4.75. The van der Waals surface area contributed by atoms with E-state index in [1.165, 1.54) is 27.5 Å². The monoisotopic (exact) mass is 386 g/mol. The molecule has 3 N–H and O–H groups in total. The van der Waals surface area contributed by atoms with Crippen LogP contribution in [0.2, 0.25) is 0 Å². The van der Waals surface area contributed by atoms with Crippen LogP contribution in [0.5, 0.6) is 0 Å². The summed E-state index contributed by atoms with van der Waals surface area (Å²) in [5, 5.41) is 4.47. The fraction of sp³-hybridized carbons (Fsp3) is 0.500. The third-order valence-corrected chi connectivity index (χ3v) is 6.57. The number of nitrogens with zero attached hydrogens (tertiary/aromatic N) is 2. The first-order valence-corrected chi connectivity index (χ1v) is 9.76. The highest BCUT2D eigenvalue weighted by atomic mass is 79.9. The summed E-state index contributed by atoms with van der Waals surface area (Å²) in [5.41, 5.74) is 5.55. The SMILES string of the molecule is CC(C)n1ncc(Br)c1C(NN)c1cc2c(s1)CCSC2. The highest BCUT2D eigenvalue weighted by Gasteiger charge is 2.25. The largest absolute Gasteiger partial charge is 0.270 e. The first-order valence-electron chi connectivity index (χ1n) is 7.00. The zero-order valence-corrected chi connectivity index (χ0v) is 15.3. The van der Waals surface area contributed by atoms with E-state index in [1.807, 2.05) is 34.0 Å². The molecule has 2 aromatic heterocycles. The van der Waals surface area contributed by atoms with Crippen LogP contribution in [0.1, 0.15) is 46.9 Å². The summed E-state index contributed by atoms with van der Waals surface area (Å²) in [6, 6.07) is 2.58. The summed E-state index contributed by atoms with van der Waals surface area (Å²) in [6.07, 6.45) is 3.02. The van der Waals surface area contributed by atoms with Gasteiger partial charge in [0.15, 0.2) is 0 Å². The average Bonchev–Trinajstić information content (AvgIpc) is 3.04. The highest BCUT2D eigenvalue weighted by Crippen LogP contribution is 2.38. The summed E-state index contributed by atoms with van der Waals surface area (Å²) < 4.78 is 3.03. The Bertz CT molecular complexity index is 611. The van der Waals surface area contributed by atoms with Gasteiger partial charge in [0.25, 0.3) is 0 Å². The van der Waals surface area contributed by atoms with E-state index in [-0.39, 0.29) is 6.04 Å². The van der Waals surface area contributed by atoms with Crippen LogP contribution < -0.4 is 11.3 Å². The summed E-state index contributed by atoms with van der Waals surface area (Å²) in [5.74, 6) is 8.22. The summed E-state index contributed by atoms with van der Waals surface area (Å²) in [6.45, 7) is 4.26. The Balaban J connectivity index is 2.02. The van der Waals surface area contributed by atoms with Gasteiger partial charge in [-0.3, -0.25) is 10.5 Å². The molecule has 114 valence electrons. The van der Waals surface area contributed by atoms with Crippen LogP contribution in [0.25, 0.3) is 0 Å². The molecule has 0 bridgehead atoms. The summed E-state index contributed by atoms with van der Waals surface area (Å²) in [7, 11) is 0. The van der Waals surface area contributed by atoms with Gasteiger partial charge in [-0.05, 0) is 53.6 Å². The zero-order chi connectivity index (χ0) is 15.0. The van der Waals surface area contributed by atoms with Gasteiger partial charge >= 0.3 is 0 Å². The van der Waals surface area contributed by atoms with E-state index in [4.69, 9.17) is 5.84 Å². The molecule has 0 fully saturated rings. The number of nitrogens with one attached hydrogen (secondary N) is 1. The number of hydrogen-bond acceptors (Lipinski definition) is 5. The van der Waals surface area contributed by atoms with E-state index in [9.17, 15) is 0 Å². The van der Waals surface area contributed by atoms with E-state index < -0.39 is 0 Å². The standard InChI is InChI=1S/C14H19BrN4S2/c1-8(2)19-14(10(15)6-17-19)13(18-16)12-5-9-7-20-4-3-11(9)21-12/h5-6,8,13,18H,3-4,7,16H2,1-2H3. The fourth-order valence-electron chi connectivity index (χ4n) is 2.64. The van der Waals surface area contributed by atoms with Crippen molar-refractivity contribution in [3.8, 4) is 0 Å². The molecule has 3 heterocycles. The Morgan fingerprint density at radius 2 is 2.29 bits per heavy atom. The Hall–Kier alpha value is -0.340. The van der Waals surface area contributed by atoms with Crippen LogP contribution in [0.3, 0.4) is 0 Å². The lowest BCUT2D eigenvalue weighted by molar-refractivity contribution is 0.477.